The van der Waals surface area contributed by atoms with Crippen molar-refractivity contribution in [1.29, 1.82) is 0 Å². The smallest absolute Gasteiger partial charge is 0.294 e. The van der Waals surface area contributed by atoms with Gasteiger partial charge < -0.3 is 0 Å². The summed E-state index contributed by atoms with van der Waals surface area (Å²) in [6.45, 7) is 7.03. The van der Waals surface area contributed by atoms with Crippen molar-refractivity contribution in [2.75, 3.05) is 24.5 Å². The number of carbonyl (C=O) groups is 2. The van der Waals surface area contributed by atoms with Gasteiger partial charge in [-0.15, -0.1) is 0 Å². The van der Waals surface area contributed by atoms with Crippen molar-refractivity contribution in [3.8, 4) is 0 Å². The van der Waals surface area contributed by atoms with Crippen LogP contribution >= 0.6 is 0 Å². The van der Waals surface area contributed by atoms with Gasteiger partial charge in [-0.3, -0.25) is 15.0 Å². The highest BCUT2D eigenvalue weighted by molar-refractivity contribution is 6.05. The Morgan fingerprint density at radius 2 is 1.78 bits per heavy atom. The van der Waals surface area contributed by atoms with Gasteiger partial charge in [0.2, 0.25) is 5.91 Å². The number of nitrogens with one attached hydrogen (secondary N) is 1. The highest BCUT2D eigenvalue weighted by Gasteiger charge is 2.26. The second kappa shape index (κ2) is 6.52. The molecule has 0 radical (unpaired) electrons. The lowest BCUT2D eigenvalue weighted by molar-refractivity contribution is -0.539. The first kappa shape index (κ1) is 15.7. The van der Waals surface area contributed by atoms with Gasteiger partial charge in [0.1, 0.15) is 18.8 Å². The predicted molar refractivity (Wildman–Crippen MR) is 90.3 cm³/mol. The van der Waals surface area contributed by atoms with Crippen molar-refractivity contribution < 1.29 is 14.2 Å². The number of benzene rings is 1. The molecule has 2 aliphatic heterocycles. The molecule has 122 valence electrons. The quantitative estimate of drug-likeness (QED) is 0.853. The van der Waals surface area contributed by atoms with Gasteiger partial charge in [-0.25, -0.2) is 9.37 Å². The van der Waals surface area contributed by atoms with E-state index < -0.39 is 0 Å². The third-order valence-corrected chi connectivity index (χ3v) is 4.86. The van der Waals surface area contributed by atoms with Crippen molar-refractivity contribution in [2.24, 2.45) is 0 Å². The van der Waals surface area contributed by atoms with Crippen molar-refractivity contribution in [3.63, 3.8) is 0 Å². The summed E-state index contributed by atoms with van der Waals surface area (Å²) >= 11 is 0. The molecule has 2 aliphatic rings. The van der Waals surface area contributed by atoms with Crippen LogP contribution in [0.5, 0.6) is 0 Å². The lowest BCUT2D eigenvalue weighted by atomic mass is 9.89. The maximum Gasteiger partial charge on any atom is 0.328 e. The van der Waals surface area contributed by atoms with Crippen LogP contribution in [-0.2, 0) is 4.79 Å². The van der Waals surface area contributed by atoms with Crippen molar-refractivity contribution in [1.82, 2.24) is 5.32 Å². The number of rotatable bonds is 2. The molecule has 1 aromatic rings. The lowest BCUT2D eigenvalue weighted by Gasteiger charge is -2.27. The standard InChI is InChI=1S/C18H23N3O2/c1-13(2)20-10-7-15(8-11-20)14-3-5-16(6-4-14)21-12-9-17(22)19-18(21)23/h3-6,15H,7-12H2,1-2H3/p+1. The van der Waals surface area contributed by atoms with Gasteiger partial charge in [-0.1, -0.05) is 12.1 Å². The van der Waals surface area contributed by atoms with E-state index in [1.165, 1.54) is 24.1 Å². The molecule has 1 aromatic carbocycles. The fraction of sp³-hybridized carbons (Fsp3) is 0.500. The summed E-state index contributed by atoms with van der Waals surface area (Å²) in [7, 11) is 0. The maximum atomic E-state index is 11.9. The first-order valence-corrected chi connectivity index (χ1v) is 8.31. The number of piperidine rings is 1. The molecule has 0 saturated carbocycles. The summed E-state index contributed by atoms with van der Waals surface area (Å²) in [4.78, 5) is 24.7. The Bertz CT molecular complexity index is 635. The molecule has 2 heterocycles. The Labute approximate surface area is 137 Å². The number of hydrogen-bond donors (Lipinski definition) is 1. The lowest BCUT2D eigenvalue weighted by Crippen LogP contribution is -2.49. The second-order valence-electron chi connectivity index (χ2n) is 6.56. The molecule has 23 heavy (non-hydrogen) atoms. The molecule has 5 heteroatoms. The van der Waals surface area contributed by atoms with Gasteiger partial charge in [0.25, 0.3) is 0 Å². The SMILES string of the molecule is CC(C)=[N+]1CCC(c2ccc(N3CCC(=O)NC3=O)cc2)CC1. The average molecular weight is 314 g/mol. The number of amides is 3. The van der Waals surface area contributed by atoms with E-state index in [4.69, 9.17) is 0 Å². The highest BCUT2D eigenvalue weighted by Crippen LogP contribution is 2.28. The molecular weight excluding hydrogens is 290 g/mol. The zero-order valence-corrected chi connectivity index (χ0v) is 13.8. The van der Waals surface area contributed by atoms with Crippen LogP contribution in [0.1, 0.15) is 44.6 Å². The minimum Gasteiger partial charge on any atom is -0.294 e. The van der Waals surface area contributed by atoms with E-state index in [1.807, 2.05) is 12.1 Å². The van der Waals surface area contributed by atoms with Crippen LogP contribution in [0.15, 0.2) is 24.3 Å². The zero-order valence-electron chi connectivity index (χ0n) is 13.8. The van der Waals surface area contributed by atoms with Gasteiger partial charge in [-0.2, -0.15) is 0 Å². The van der Waals surface area contributed by atoms with Crippen LogP contribution in [-0.4, -0.2) is 41.9 Å². The normalized spacial score (nSPS) is 22.1. The molecule has 2 saturated heterocycles. The molecule has 0 spiro atoms. The molecule has 0 atom stereocenters. The van der Waals surface area contributed by atoms with Crippen molar-refractivity contribution >= 4 is 23.3 Å². The molecule has 0 aliphatic carbocycles. The monoisotopic (exact) mass is 314 g/mol. The van der Waals surface area contributed by atoms with Crippen LogP contribution in [0.25, 0.3) is 0 Å². The Hall–Kier alpha value is -2.17. The van der Waals surface area contributed by atoms with Crippen molar-refractivity contribution in [3.05, 3.63) is 29.8 Å². The maximum absolute atomic E-state index is 11.9. The van der Waals surface area contributed by atoms with E-state index in [0.717, 1.165) is 18.8 Å². The molecule has 0 unspecified atom stereocenters. The molecule has 3 amide bonds. The third-order valence-electron chi connectivity index (χ3n) is 4.86. The number of anilines is 1. The zero-order chi connectivity index (χ0) is 16.4. The molecule has 0 aromatic heterocycles. The summed E-state index contributed by atoms with van der Waals surface area (Å²) in [5.74, 6) is 0.397. The molecule has 0 bridgehead atoms. The minimum absolute atomic E-state index is 0.197. The van der Waals surface area contributed by atoms with Crippen LogP contribution in [0.4, 0.5) is 10.5 Å². The predicted octanol–water partition coefficient (Wildman–Crippen LogP) is 2.50. The van der Waals surface area contributed by atoms with Crippen LogP contribution in [0.3, 0.4) is 0 Å². The van der Waals surface area contributed by atoms with E-state index in [-0.39, 0.29) is 11.9 Å². The Morgan fingerprint density at radius 3 is 2.35 bits per heavy atom. The fourth-order valence-corrected chi connectivity index (χ4v) is 3.40. The minimum atomic E-state index is -0.323. The molecular formula is C18H24N3O2+. The van der Waals surface area contributed by atoms with Crippen LogP contribution in [0, 0.1) is 0 Å². The summed E-state index contributed by atoms with van der Waals surface area (Å²) in [5, 5.41) is 2.36. The summed E-state index contributed by atoms with van der Waals surface area (Å²) in [6, 6.07) is 7.92. The van der Waals surface area contributed by atoms with E-state index in [1.54, 1.807) is 4.90 Å². The summed E-state index contributed by atoms with van der Waals surface area (Å²) in [5.41, 5.74) is 3.59. The highest BCUT2D eigenvalue weighted by atomic mass is 16.2. The summed E-state index contributed by atoms with van der Waals surface area (Å²) in [6.07, 6.45) is 2.70. The topological polar surface area (TPSA) is 52.4 Å². The Morgan fingerprint density at radius 1 is 1.13 bits per heavy atom. The number of urea groups is 1. The fourth-order valence-electron chi connectivity index (χ4n) is 3.40. The summed E-state index contributed by atoms with van der Waals surface area (Å²) < 4.78 is 2.44. The van der Waals surface area contributed by atoms with Crippen LogP contribution in [0.2, 0.25) is 0 Å². The van der Waals surface area contributed by atoms with E-state index in [9.17, 15) is 9.59 Å². The third kappa shape index (κ3) is 3.44. The molecule has 3 rings (SSSR count). The van der Waals surface area contributed by atoms with Gasteiger partial charge in [0.15, 0.2) is 0 Å². The largest absolute Gasteiger partial charge is 0.328 e. The van der Waals surface area contributed by atoms with Gasteiger partial charge in [-0.05, 0) is 23.6 Å². The van der Waals surface area contributed by atoms with E-state index in [2.05, 4.69) is 35.9 Å². The molecule has 2 fully saturated rings. The number of imide groups is 1. The van der Waals surface area contributed by atoms with Gasteiger partial charge >= 0.3 is 6.03 Å². The van der Waals surface area contributed by atoms with Gasteiger partial charge in [0, 0.05) is 45.3 Å². The average Bonchev–Trinajstić information content (AvgIpc) is 2.55. The Balaban J connectivity index is 1.67. The molecule has 5 nitrogen and oxygen atoms in total. The van der Waals surface area contributed by atoms with E-state index in [0.29, 0.717) is 18.9 Å². The number of carbonyl (C=O) groups excluding carboxylic acids is 2. The molecule has 1 N–H and O–H groups in total. The Kier molecular flexibility index (Phi) is 4.46. The van der Waals surface area contributed by atoms with E-state index >= 15 is 0 Å². The van der Waals surface area contributed by atoms with Crippen molar-refractivity contribution in [2.45, 2.75) is 39.0 Å². The van der Waals surface area contributed by atoms with Crippen LogP contribution < -0.4 is 10.2 Å². The first-order valence-electron chi connectivity index (χ1n) is 8.31. The van der Waals surface area contributed by atoms with Gasteiger partial charge in [0.05, 0.1) is 0 Å². The first-order chi connectivity index (χ1) is 11.0. The number of hydrogen-bond acceptors (Lipinski definition) is 2. The second-order valence-corrected chi connectivity index (χ2v) is 6.56. The number of nitrogens with zero attached hydrogens (tertiary/aromatic N) is 2.